The molecule has 1 atom stereocenters. The van der Waals surface area contributed by atoms with Crippen LogP contribution in [0.3, 0.4) is 0 Å². The van der Waals surface area contributed by atoms with Gasteiger partial charge in [-0.05, 0) is 109 Å². The smallest absolute Gasteiger partial charge is 0.306 e. The van der Waals surface area contributed by atoms with Crippen LogP contribution in [0.4, 0.5) is 0 Å². The zero-order chi connectivity index (χ0) is 53.6. The zero-order valence-electron chi connectivity index (χ0n) is 48.3. The molecule has 0 radical (unpaired) electrons. The van der Waals surface area contributed by atoms with Crippen molar-refractivity contribution >= 4 is 17.9 Å². The van der Waals surface area contributed by atoms with Crippen LogP contribution in [0.1, 0.15) is 284 Å². The van der Waals surface area contributed by atoms with E-state index in [1.807, 2.05) is 0 Å². The third-order valence-corrected chi connectivity index (χ3v) is 13.0. The molecule has 0 heterocycles. The van der Waals surface area contributed by atoms with E-state index in [-0.39, 0.29) is 31.1 Å². The molecule has 0 fully saturated rings. The van der Waals surface area contributed by atoms with E-state index in [4.69, 9.17) is 14.2 Å². The van der Waals surface area contributed by atoms with E-state index in [9.17, 15) is 14.4 Å². The van der Waals surface area contributed by atoms with Crippen molar-refractivity contribution in [3.8, 4) is 0 Å². The molecule has 0 N–H and O–H groups in total. The van der Waals surface area contributed by atoms with E-state index in [0.717, 1.165) is 122 Å². The van der Waals surface area contributed by atoms with Crippen LogP contribution in [0.5, 0.6) is 0 Å². The minimum Gasteiger partial charge on any atom is -0.462 e. The summed E-state index contributed by atoms with van der Waals surface area (Å²) in [5.74, 6) is -0.904. The summed E-state index contributed by atoms with van der Waals surface area (Å²) in [5.41, 5.74) is 0. The van der Waals surface area contributed by atoms with Gasteiger partial charge >= 0.3 is 17.9 Å². The summed E-state index contributed by atoms with van der Waals surface area (Å²) < 4.78 is 16.8. The largest absolute Gasteiger partial charge is 0.462 e. The van der Waals surface area contributed by atoms with Gasteiger partial charge in [-0.1, -0.05) is 265 Å². The lowest BCUT2D eigenvalue weighted by Gasteiger charge is -2.18. The lowest BCUT2D eigenvalue weighted by Crippen LogP contribution is -2.30. The van der Waals surface area contributed by atoms with E-state index >= 15 is 0 Å². The van der Waals surface area contributed by atoms with E-state index < -0.39 is 6.10 Å². The lowest BCUT2D eigenvalue weighted by molar-refractivity contribution is -0.167. The molecule has 0 rings (SSSR count). The molecular weight excluding hydrogens is 913 g/mol. The number of ether oxygens (including phenoxy) is 3. The zero-order valence-corrected chi connectivity index (χ0v) is 48.3. The minimum absolute atomic E-state index is 0.0833. The van der Waals surface area contributed by atoms with Gasteiger partial charge in [-0.2, -0.15) is 0 Å². The van der Waals surface area contributed by atoms with E-state index in [2.05, 4.69) is 130 Å². The average molecular weight is 1030 g/mol. The fraction of sp³-hybridized carbons (Fsp3) is 0.691. The topological polar surface area (TPSA) is 78.9 Å². The Labute approximate surface area is 457 Å². The van der Waals surface area contributed by atoms with Crippen LogP contribution < -0.4 is 0 Å². The van der Waals surface area contributed by atoms with Gasteiger partial charge in [0.15, 0.2) is 6.10 Å². The van der Waals surface area contributed by atoms with Crippen molar-refractivity contribution in [2.24, 2.45) is 0 Å². The highest BCUT2D eigenvalue weighted by molar-refractivity contribution is 5.71. The summed E-state index contributed by atoms with van der Waals surface area (Å²) in [5, 5.41) is 0. The van der Waals surface area contributed by atoms with Gasteiger partial charge in [0.2, 0.25) is 0 Å². The van der Waals surface area contributed by atoms with Crippen molar-refractivity contribution in [3.63, 3.8) is 0 Å². The second kappa shape index (κ2) is 61.6. The van der Waals surface area contributed by atoms with Crippen molar-refractivity contribution < 1.29 is 28.6 Å². The van der Waals surface area contributed by atoms with Gasteiger partial charge in [0, 0.05) is 19.3 Å². The number of rotatable bonds is 55. The summed E-state index contributed by atoms with van der Waals surface area (Å²) in [6, 6.07) is 0. The lowest BCUT2D eigenvalue weighted by atomic mass is 10.1. The Kier molecular flexibility index (Phi) is 58.3. The summed E-state index contributed by atoms with van der Waals surface area (Å²) >= 11 is 0. The maximum absolute atomic E-state index is 12.8. The highest BCUT2D eigenvalue weighted by Crippen LogP contribution is 2.15. The number of hydrogen-bond acceptors (Lipinski definition) is 6. The highest BCUT2D eigenvalue weighted by atomic mass is 16.6. The van der Waals surface area contributed by atoms with Gasteiger partial charge < -0.3 is 14.2 Å². The number of carbonyl (C=O) groups is 3. The van der Waals surface area contributed by atoms with Crippen LogP contribution in [0.2, 0.25) is 0 Å². The van der Waals surface area contributed by atoms with Gasteiger partial charge in [-0.3, -0.25) is 14.4 Å². The Morgan fingerprint density at radius 2 is 0.527 bits per heavy atom. The molecule has 0 bridgehead atoms. The molecule has 0 saturated carbocycles. The molecule has 0 saturated heterocycles. The number of carbonyl (C=O) groups excluding carboxylic acids is 3. The normalized spacial score (nSPS) is 12.9. The predicted octanol–water partition coefficient (Wildman–Crippen LogP) is 21.0. The summed E-state index contributed by atoms with van der Waals surface area (Å²) in [6.07, 6.45) is 83.9. The Morgan fingerprint density at radius 1 is 0.284 bits per heavy atom. The monoisotopic (exact) mass is 1030 g/mol. The molecule has 0 aromatic heterocycles. The molecule has 6 heteroatoms. The van der Waals surface area contributed by atoms with E-state index in [1.54, 1.807) is 0 Å². The van der Waals surface area contributed by atoms with Crippen molar-refractivity contribution in [1.82, 2.24) is 0 Å². The van der Waals surface area contributed by atoms with Crippen molar-refractivity contribution in [3.05, 3.63) is 109 Å². The van der Waals surface area contributed by atoms with Crippen LogP contribution in [-0.4, -0.2) is 37.2 Å². The average Bonchev–Trinajstić information content (AvgIpc) is 3.40. The third-order valence-electron chi connectivity index (χ3n) is 13.0. The number of esters is 3. The number of unbranched alkanes of at least 4 members (excludes halogenated alkanes) is 26. The SMILES string of the molecule is CC/C=C\C/C=C\C/C=C\C/C=C\C/C=C\C/C=C\C/C=C\C/C=C\CCCCCCCCC(=O)OCC(COC(=O)CCCCCCCCCC)OC(=O)CCCCCCCCC/C=C\CCCCCCCC. The van der Waals surface area contributed by atoms with Crippen LogP contribution in [-0.2, 0) is 28.6 Å². The molecule has 0 aliphatic heterocycles. The third kappa shape index (κ3) is 59.0. The Bertz CT molecular complexity index is 1510. The molecule has 0 aromatic carbocycles. The van der Waals surface area contributed by atoms with Crippen molar-refractivity contribution in [2.45, 2.75) is 290 Å². The first-order chi connectivity index (χ1) is 36.5. The van der Waals surface area contributed by atoms with Crippen LogP contribution in [0, 0.1) is 0 Å². The van der Waals surface area contributed by atoms with Gasteiger partial charge in [0.05, 0.1) is 0 Å². The molecule has 0 amide bonds. The number of allylic oxidation sites excluding steroid dienone is 18. The Hall–Kier alpha value is -3.93. The molecule has 6 nitrogen and oxygen atoms in total. The fourth-order valence-electron chi connectivity index (χ4n) is 8.39. The maximum atomic E-state index is 12.8. The van der Waals surface area contributed by atoms with Gasteiger partial charge in [-0.25, -0.2) is 0 Å². The van der Waals surface area contributed by atoms with Gasteiger partial charge in [0.25, 0.3) is 0 Å². The van der Waals surface area contributed by atoms with Crippen molar-refractivity contribution in [1.29, 1.82) is 0 Å². The van der Waals surface area contributed by atoms with Crippen LogP contribution >= 0.6 is 0 Å². The molecule has 0 aliphatic carbocycles. The molecule has 422 valence electrons. The molecule has 0 spiro atoms. The highest BCUT2D eigenvalue weighted by Gasteiger charge is 2.19. The predicted molar refractivity (Wildman–Crippen MR) is 320 cm³/mol. The number of hydrogen-bond donors (Lipinski definition) is 0. The standard InChI is InChI=1S/C68H114O6/c1-4-7-10-13-16-19-21-23-25-27-28-29-30-31-32-33-34-35-36-37-38-39-40-42-43-45-47-49-52-55-58-61-67(70)73-64-65(63-72-66(69)60-57-54-51-18-15-12-9-6-3)74-68(71)62-59-56-53-50-48-46-44-41-26-24-22-20-17-14-11-8-5-2/h7,10,16,19,23-26,28-29,31-32,34-35,37-38,40,42,65H,4-6,8-9,11-15,17-18,20-22,27,30,33,36,39,41,43-64H2,1-3H3/b10-7-,19-16-,25-23-,26-24-,29-28-,32-31-,35-34-,38-37-,42-40-. The van der Waals surface area contributed by atoms with E-state index in [1.165, 1.54) is 122 Å². The van der Waals surface area contributed by atoms with Gasteiger partial charge in [0.1, 0.15) is 13.2 Å². The quantitative estimate of drug-likeness (QED) is 0.0261. The second-order valence-corrected chi connectivity index (χ2v) is 20.2. The minimum atomic E-state index is -0.785. The first-order valence-electron chi connectivity index (χ1n) is 30.9. The summed E-state index contributed by atoms with van der Waals surface area (Å²) in [4.78, 5) is 38.1. The Balaban J connectivity index is 4.22. The Morgan fingerprint density at radius 3 is 0.838 bits per heavy atom. The first-order valence-corrected chi connectivity index (χ1v) is 30.9. The molecule has 1 unspecified atom stereocenters. The molecule has 0 aromatic rings. The molecular formula is C68H114O6. The fourth-order valence-corrected chi connectivity index (χ4v) is 8.39. The maximum Gasteiger partial charge on any atom is 0.306 e. The first kappa shape index (κ1) is 70.1. The van der Waals surface area contributed by atoms with E-state index in [0.29, 0.717) is 19.3 Å². The van der Waals surface area contributed by atoms with Crippen LogP contribution in [0.15, 0.2) is 109 Å². The second-order valence-electron chi connectivity index (χ2n) is 20.2. The molecule has 0 aliphatic rings. The van der Waals surface area contributed by atoms with Crippen molar-refractivity contribution in [2.75, 3.05) is 13.2 Å². The summed E-state index contributed by atoms with van der Waals surface area (Å²) in [7, 11) is 0. The van der Waals surface area contributed by atoms with Crippen LogP contribution in [0.25, 0.3) is 0 Å². The summed E-state index contributed by atoms with van der Waals surface area (Å²) in [6.45, 7) is 6.48. The molecule has 74 heavy (non-hydrogen) atoms. The van der Waals surface area contributed by atoms with Gasteiger partial charge in [-0.15, -0.1) is 0 Å².